The number of hydrogen-bond acceptors (Lipinski definition) is 3. The molecular formula is C20H27N3O2. The summed E-state index contributed by atoms with van der Waals surface area (Å²) in [4.78, 5) is 14.2. The highest BCUT2D eigenvalue weighted by atomic mass is 16.5. The fourth-order valence-electron chi connectivity index (χ4n) is 3.80. The van der Waals surface area contributed by atoms with Crippen molar-refractivity contribution in [1.29, 1.82) is 0 Å². The Bertz CT molecular complexity index is 743. The lowest BCUT2D eigenvalue weighted by molar-refractivity contribution is 0.0999. The lowest BCUT2D eigenvalue weighted by Crippen LogP contribution is -2.17. The second kappa shape index (κ2) is 7.31. The summed E-state index contributed by atoms with van der Waals surface area (Å²) in [5.74, 6) is -0.393. The fraction of sp³-hybridized carbons (Fsp3) is 0.450. The molecule has 1 unspecified atom stereocenters. The van der Waals surface area contributed by atoms with Crippen LogP contribution in [0.4, 0.5) is 5.69 Å². The van der Waals surface area contributed by atoms with Gasteiger partial charge in [-0.1, -0.05) is 12.1 Å². The number of nitrogens with two attached hydrogens (primary N) is 1. The molecule has 1 amide bonds. The maximum Gasteiger partial charge on any atom is 0.250 e. The van der Waals surface area contributed by atoms with Crippen LogP contribution in [0.2, 0.25) is 0 Å². The molecule has 2 heterocycles. The molecule has 25 heavy (non-hydrogen) atoms. The van der Waals surface area contributed by atoms with Gasteiger partial charge in [0, 0.05) is 37.3 Å². The van der Waals surface area contributed by atoms with Crippen LogP contribution in [0.5, 0.6) is 0 Å². The number of hydrogen-bond donors (Lipinski definition) is 1. The molecule has 0 aliphatic carbocycles. The van der Waals surface area contributed by atoms with Crippen molar-refractivity contribution in [3.63, 3.8) is 0 Å². The van der Waals surface area contributed by atoms with Crippen LogP contribution in [0.15, 0.2) is 30.3 Å². The number of ether oxygens (including phenoxy) is 1. The number of methoxy groups -OCH3 is 1. The van der Waals surface area contributed by atoms with Crippen LogP contribution >= 0.6 is 0 Å². The Morgan fingerprint density at radius 1 is 1.24 bits per heavy atom. The molecule has 1 saturated heterocycles. The second-order valence-corrected chi connectivity index (χ2v) is 6.81. The van der Waals surface area contributed by atoms with Crippen LogP contribution in [-0.2, 0) is 4.74 Å². The second-order valence-electron chi connectivity index (χ2n) is 6.81. The molecule has 0 radical (unpaired) electrons. The van der Waals surface area contributed by atoms with Gasteiger partial charge in [-0.15, -0.1) is 0 Å². The molecule has 1 fully saturated rings. The molecule has 1 aliphatic heterocycles. The first-order valence-corrected chi connectivity index (χ1v) is 8.89. The largest absolute Gasteiger partial charge is 0.383 e. The average Bonchev–Trinajstić information content (AvgIpc) is 3.23. The molecule has 0 saturated carbocycles. The van der Waals surface area contributed by atoms with Crippen LogP contribution in [0, 0.1) is 6.92 Å². The van der Waals surface area contributed by atoms with Crippen LogP contribution in [0.3, 0.4) is 0 Å². The van der Waals surface area contributed by atoms with E-state index >= 15 is 0 Å². The third-order valence-electron chi connectivity index (χ3n) is 5.04. The lowest BCUT2D eigenvalue weighted by Gasteiger charge is -2.21. The SMILES string of the molecule is COCC(C)n1c(-c2ccc(N3CCCC3)cc2)cc(C(N)=O)c1C. The van der Waals surface area contributed by atoms with Gasteiger partial charge in [-0.25, -0.2) is 0 Å². The van der Waals surface area contributed by atoms with Gasteiger partial charge in [0.15, 0.2) is 0 Å². The molecule has 0 bridgehead atoms. The summed E-state index contributed by atoms with van der Waals surface area (Å²) in [6.07, 6.45) is 2.53. The normalized spacial score (nSPS) is 15.6. The standard InChI is InChI=1S/C20H27N3O2/c1-14(13-25-3)23-15(2)18(20(21)24)12-19(23)16-6-8-17(9-7-16)22-10-4-5-11-22/h6-9,12,14H,4-5,10-11,13H2,1-3H3,(H2,21,24). The van der Waals surface area contributed by atoms with Gasteiger partial charge in [0.25, 0.3) is 5.91 Å². The van der Waals surface area contributed by atoms with Crippen molar-refractivity contribution in [2.75, 3.05) is 31.7 Å². The molecule has 5 heteroatoms. The molecule has 5 nitrogen and oxygen atoms in total. The maximum atomic E-state index is 11.8. The minimum atomic E-state index is -0.393. The van der Waals surface area contributed by atoms with Gasteiger partial charge in [-0.3, -0.25) is 4.79 Å². The predicted octanol–water partition coefficient (Wildman–Crippen LogP) is 3.37. The highest BCUT2D eigenvalue weighted by molar-refractivity contribution is 5.95. The van der Waals surface area contributed by atoms with Gasteiger partial charge in [0.1, 0.15) is 0 Å². The number of anilines is 1. The summed E-state index contributed by atoms with van der Waals surface area (Å²) in [6, 6.07) is 10.6. The first-order valence-electron chi connectivity index (χ1n) is 8.89. The first kappa shape index (κ1) is 17.5. The molecule has 2 aromatic rings. The topological polar surface area (TPSA) is 60.5 Å². The number of amides is 1. The van der Waals surface area contributed by atoms with E-state index in [2.05, 4.69) is 40.7 Å². The van der Waals surface area contributed by atoms with E-state index in [0.717, 1.165) is 30.0 Å². The minimum absolute atomic E-state index is 0.117. The Kier molecular flexibility index (Phi) is 5.13. The monoisotopic (exact) mass is 341 g/mol. The van der Waals surface area contributed by atoms with Crippen LogP contribution in [0.25, 0.3) is 11.3 Å². The highest BCUT2D eigenvalue weighted by Gasteiger charge is 2.20. The Labute approximate surface area is 149 Å². The third kappa shape index (κ3) is 3.42. The summed E-state index contributed by atoms with van der Waals surface area (Å²) in [5.41, 5.74) is 10.4. The maximum absolute atomic E-state index is 11.8. The summed E-state index contributed by atoms with van der Waals surface area (Å²) in [5, 5.41) is 0. The molecule has 1 aromatic carbocycles. The molecule has 0 spiro atoms. The highest BCUT2D eigenvalue weighted by Crippen LogP contribution is 2.31. The number of carbonyl (C=O) groups excluding carboxylic acids is 1. The number of carbonyl (C=O) groups is 1. The van der Waals surface area contributed by atoms with E-state index < -0.39 is 5.91 Å². The summed E-state index contributed by atoms with van der Waals surface area (Å²) in [6.45, 7) is 6.86. The van der Waals surface area contributed by atoms with Crippen LogP contribution in [0.1, 0.15) is 41.9 Å². The first-order chi connectivity index (χ1) is 12.0. The van der Waals surface area contributed by atoms with E-state index in [1.807, 2.05) is 13.0 Å². The molecule has 1 aliphatic rings. The Hall–Kier alpha value is -2.27. The zero-order valence-corrected chi connectivity index (χ0v) is 15.3. The van der Waals surface area contributed by atoms with Crippen LogP contribution < -0.4 is 10.6 Å². The van der Waals surface area contributed by atoms with Gasteiger partial charge in [-0.2, -0.15) is 0 Å². The van der Waals surface area contributed by atoms with Crippen molar-refractivity contribution in [3.05, 3.63) is 41.6 Å². The zero-order chi connectivity index (χ0) is 18.0. The van der Waals surface area contributed by atoms with Crippen LogP contribution in [-0.4, -0.2) is 37.3 Å². The Morgan fingerprint density at radius 2 is 1.88 bits per heavy atom. The van der Waals surface area contributed by atoms with Crippen molar-refractivity contribution in [2.24, 2.45) is 5.73 Å². The van der Waals surface area contributed by atoms with E-state index in [0.29, 0.717) is 12.2 Å². The fourth-order valence-corrected chi connectivity index (χ4v) is 3.80. The van der Waals surface area contributed by atoms with E-state index in [9.17, 15) is 4.79 Å². The van der Waals surface area contributed by atoms with Crippen molar-refractivity contribution >= 4 is 11.6 Å². The Morgan fingerprint density at radius 3 is 2.44 bits per heavy atom. The quantitative estimate of drug-likeness (QED) is 0.876. The zero-order valence-electron chi connectivity index (χ0n) is 15.3. The minimum Gasteiger partial charge on any atom is -0.383 e. The molecule has 2 N–H and O–H groups in total. The summed E-state index contributed by atoms with van der Waals surface area (Å²) >= 11 is 0. The molecular weight excluding hydrogens is 314 g/mol. The number of benzene rings is 1. The van der Waals surface area contributed by atoms with E-state index in [4.69, 9.17) is 10.5 Å². The number of primary amides is 1. The molecule has 134 valence electrons. The molecule has 1 aromatic heterocycles. The van der Waals surface area contributed by atoms with E-state index in [-0.39, 0.29) is 6.04 Å². The average molecular weight is 341 g/mol. The predicted molar refractivity (Wildman–Crippen MR) is 101 cm³/mol. The lowest BCUT2D eigenvalue weighted by atomic mass is 10.1. The summed E-state index contributed by atoms with van der Waals surface area (Å²) < 4.78 is 7.46. The third-order valence-corrected chi connectivity index (χ3v) is 5.04. The number of aromatic nitrogens is 1. The van der Waals surface area contributed by atoms with Crippen molar-refractivity contribution < 1.29 is 9.53 Å². The van der Waals surface area contributed by atoms with Crippen molar-refractivity contribution in [1.82, 2.24) is 4.57 Å². The summed E-state index contributed by atoms with van der Waals surface area (Å²) in [7, 11) is 1.69. The van der Waals surface area contributed by atoms with Gasteiger partial charge in [0.2, 0.25) is 0 Å². The number of nitrogens with zero attached hydrogens (tertiary/aromatic N) is 2. The van der Waals surface area contributed by atoms with Crippen molar-refractivity contribution in [2.45, 2.75) is 32.7 Å². The molecule has 3 rings (SSSR count). The van der Waals surface area contributed by atoms with Crippen molar-refractivity contribution in [3.8, 4) is 11.3 Å². The van der Waals surface area contributed by atoms with Gasteiger partial charge in [0.05, 0.1) is 18.2 Å². The van der Waals surface area contributed by atoms with Gasteiger partial charge >= 0.3 is 0 Å². The Balaban J connectivity index is 2.00. The molecule has 1 atom stereocenters. The van der Waals surface area contributed by atoms with Gasteiger partial charge in [-0.05, 0) is 50.5 Å². The van der Waals surface area contributed by atoms with E-state index in [1.165, 1.54) is 18.5 Å². The van der Waals surface area contributed by atoms with Gasteiger partial charge < -0.3 is 19.9 Å². The number of rotatable bonds is 6. The van der Waals surface area contributed by atoms with E-state index in [1.54, 1.807) is 7.11 Å². The smallest absolute Gasteiger partial charge is 0.250 e.